The zero-order chi connectivity index (χ0) is 10.2. The summed E-state index contributed by atoms with van der Waals surface area (Å²) < 4.78 is 0. The van der Waals surface area contributed by atoms with E-state index in [1.807, 2.05) is 0 Å². The van der Waals surface area contributed by atoms with Crippen molar-refractivity contribution in [3.63, 3.8) is 0 Å². The van der Waals surface area contributed by atoms with Gasteiger partial charge in [-0.25, -0.2) is 0 Å². The maximum atomic E-state index is 2.38. The lowest BCUT2D eigenvalue weighted by Crippen LogP contribution is -2.11. The van der Waals surface area contributed by atoms with E-state index < -0.39 is 0 Å². The van der Waals surface area contributed by atoms with E-state index in [0.29, 0.717) is 5.41 Å². The highest BCUT2D eigenvalue weighted by Crippen LogP contribution is 2.63. The SMILES string of the molecule is CC(C)(C)CCC1CC12CCCCC2. The first kappa shape index (κ1) is 10.5. The van der Waals surface area contributed by atoms with Gasteiger partial charge >= 0.3 is 0 Å². The van der Waals surface area contributed by atoms with E-state index in [4.69, 9.17) is 0 Å². The molecule has 0 aromatic heterocycles. The third-order valence-electron chi connectivity index (χ3n) is 4.45. The molecule has 82 valence electrons. The molecule has 0 saturated heterocycles. The Morgan fingerprint density at radius 2 is 1.71 bits per heavy atom. The van der Waals surface area contributed by atoms with Crippen molar-refractivity contribution < 1.29 is 0 Å². The second kappa shape index (κ2) is 3.54. The van der Waals surface area contributed by atoms with Crippen LogP contribution in [0.1, 0.15) is 72.1 Å². The van der Waals surface area contributed by atoms with Crippen molar-refractivity contribution in [2.75, 3.05) is 0 Å². The fourth-order valence-corrected chi connectivity index (χ4v) is 3.32. The van der Waals surface area contributed by atoms with E-state index in [0.717, 1.165) is 11.3 Å². The molecule has 0 radical (unpaired) electrons. The second-order valence-corrected chi connectivity index (χ2v) is 6.92. The maximum absolute atomic E-state index is 2.38. The molecule has 0 aromatic carbocycles. The predicted molar refractivity (Wildman–Crippen MR) is 62.3 cm³/mol. The summed E-state index contributed by atoms with van der Waals surface area (Å²) in [7, 11) is 0. The Bertz CT molecular complexity index is 191. The summed E-state index contributed by atoms with van der Waals surface area (Å²) >= 11 is 0. The molecule has 14 heavy (non-hydrogen) atoms. The van der Waals surface area contributed by atoms with Crippen molar-refractivity contribution in [2.24, 2.45) is 16.7 Å². The molecule has 2 fully saturated rings. The molecule has 0 nitrogen and oxygen atoms in total. The molecule has 1 unspecified atom stereocenters. The van der Waals surface area contributed by atoms with Gasteiger partial charge in [0, 0.05) is 0 Å². The number of hydrogen-bond acceptors (Lipinski definition) is 0. The minimum Gasteiger partial charge on any atom is -0.0602 e. The molecule has 0 aromatic rings. The molecule has 1 atom stereocenters. The molecule has 2 aliphatic carbocycles. The third kappa shape index (κ3) is 2.32. The summed E-state index contributed by atoms with van der Waals surface area (Å²) in [6.45, 7) is 7.13. The van der Waals surface area contributed by atoms with Gasteiger partial charge in [0.15, 0.2) is 0 Å². The summed E-state index contributed by atoms with van der Waals surface area (Å²) in [5.74, 6) is 1.11. The Hall–Kier alpha value is 0. The average molecular weight is 194 g/mol. The van der Waals surface area contributed by atoms with Crippen LogP contribution in [0, 0.1) is 16.7 Å². The van der Waals surface area contributed by atoms with Crippen LogP contribution in [-0.4, -0.2) is 0 Å². The summed E-state index contributed by atoms with van der Waals surface area (Å²) in [6, 6.07) is 0. The highest BCUT2D eigenvalue weighted by atomic mass is 14.6. The molecule has 2 saturated carbocycles. The first-order valence-corrected chi connectivity index (χ1v) is 6.52. The van der Waals surface area contributed by atoms with Crippen molar-refractivity contribution in [2.45, 2.75) is 72.1 Å². The summed E-state index contributed by atoms with van der Waals surface area (Å²) in [4.78, 5) is 0. The van der Waals surface area contributed by atoms with Crippen LogP contribution in [0.3, 0.4) is 0 Å². The lowest BCUT2D eigenvalue weighted by molar-refractivity contribution is 0.280. The summed E-state index contributed by atoms with van der Waals surface area (Å²) in [6.07, 6.45) is 12.2. The summed E-state index contributed by atoms with van der Waals surface area (Å²) in [5.41, 5.74) is 1.42. The van der Waals surface area contributed by atoms with Gasteiger partial charge in [-0.1, -0.05) is 40.0 Å². The van der Waals surface area contributed by atoms with E-state index in [9.17, 15) is 0 Å². The number of hydrogen-bond donors (Lipinski definition) is 0. The van der Waals surface area contributed by atoms with E-state index >= 15 is 0 Å². The topological polar surface area (TPSA) is 0 Å². The van der Waals surface area contributed by atoms with E-state index in [2.05, 4.69) is 20.8 Å². The van der Waals surface area contributed by atoms with Crippen LogP contribution >= 0.6 is 0 Å². The molecule has 0 heterocycles. The molecule has 2 aliphatic rings. The van der Waals surface area contributed by atoms with Gasteiger partial charge in [-0.05, 0) is 48.9 Å². The second-order valence-electron chi connectivity index (χ2n) is 6.92. The van der Waals surface area contributed by atoms with E-state index in [-0.39, 0.29) is 0 Å². The molecule has 0 bridgehead atoms. The van der Waals surface area contributed by atoms with Crippen molar-refractivity contribution >= 4 is 0 Å². The van der Waals surface area contributed by atoms with E-state index in [1.54, 1.807) is 19.3 Å². The normalized spacial score (nSPS) is 30.6. The fraction of sp³-hybridized carbons (Fsp3) is 1.00. The van der Waals surface area contributed by atoms with Crippen molar-refractivity contribution in [3.8, 4) is 0 Å². The van der Waals surface area contributed by atoms with Crippen molar-refractivity contribution in [3.05, 3.63) is 0 Å². The quantitative estimate of drug-likeness (QED) is 0.593. The highest BCUT2D eigenvalue weighted by molar-refractivity contribution is 5.03. The fourth-order valence-electron chi connectivity index (χ4n) is 3.32. The van der Waals surface area contributed by atoms with Crippen molar-refractivity contribution in [1.29, 1.82) is 0 Å². The van der Waals surface area contributed by atoms with Gasteiger partial charge in [-0.15, -0.1) is 0 Å². The predicted octanol–water partition coefficient (Wildman–Crippen LogP) is 4.78. The third-order valence-corrected chi connectivity index (χ3v) is 4.45. The molecule has 0 aliphatic heterocycles. The van der Waals surface area contributed by atoms with Gasteiger partial charge < -0.3 is 0 Å². The van der Waals surface area contributed by atoms with Gasteiger partial charge in [-0.2, -0.15) is 0 Å². The molecular formula is C14H26. The Morgan fingerprint density at radius 1 is 1.07 bits per heavy atom. The Morgan fingerprint density at radius 3 is 2.29 bits per heavy atom. The largest absolute Gasteiger partial charge is 0.0602 e. The Labute approximate surface area is 89.5 Å². The van der Waals surface area contributed by atoms with Gasteiger partial charge in [0.05, 0.1) is 0 Å². The van der Waals surface area contributed by atoms with Crippen LogP contribution in [-0.2, 0) is 0 Å². The highest BCUT2D eigenvalue weighted by Gasteiger charge is 2.52. The lowest BCUT2D eigenvalue weighted by Gasteiger charge is -2.24. The Kier molecular flexibility index (Phi) is 2.66. The zero-order valence-corrected chi connectivity index (χ0v) is 10.2. The smallest absolute Gasteiger partial charge is 0.0266 e. The monoisotopic (exact) mass is 194 g/mol. The van der Waals surface area contributed by atoms with Crippen LogP contribution in [0.25, 0.3) is 0 Å². The van der Waals surface area contributed by atoms with Crippen LogP contribution in [0.4, 0.5) is 0 Å². The van der Waals surface area contributed by atoms with Gasteiger partial charge in [0.1, 0.15) is 0 Å². The zero-order valence-electron chi connectivity index (χ0n) is 10.2. The summed E-state index contributed by atoms with van der Waals surface area (Å²) in [5, 5.41) is 0. The molecule has 1 spiro atoms. The molecule has 0 N–H and O–H groups in total. The molecule has 2 rings (SSSR count). The van der Waals surface area contributed by atoms with Crippen LogP contribution in [0.5, 0.6) is 0 Å². The minimum atomic E-state index is 0.554. The Balaban J connectivity index is 1.75. The number of rotatable bonds is 2. The van der Waals surface area contributed by atoms with Crippen LogP contribution in [0.2, 0.25) is 0 Å². The lowest BCUT2D eigenvalue weighted by atomic mass is 9.82. The average Bonchev–Trinajstić information content (AvgIpc) is 2.76. The standard InChI is InChI=1S/C14H26/c1-13(2,3)10-7-12-11-14(12)8-5-4-6-9-14/h12H,4-11H2,1-3H3. The van der Waals surface area contributed by atoms with E-state index in [1.165, 1.54) is 32.1 Å². The minimum absolute atomic E-state index is 0.554. The van der Waals surface area contributed by atoms with Gasteiger partial charge in [0.2, 0.25) is 0 Å². The molecule has 0 heteroatoms. The van der Waals surface area contributed by atoms with Crippen LogP contribution in [0.15, 0.2) is 0 Å². The molecular weight excluding hydrogens is 168 g/mol. The van der Waals surface area contributed by atoms with Crippen LogP contribution < -0.4 is 0 Å². The van der Waals surface area contributed by atoms with Crippen molar-refractivity contribution in [1.82, 2.24) is 0 Å². The van der Waals surface area contributed by atoms with Gasteiger partial charge in [0.25, 0.3) is 0 Å². The first-order chi connectivity index (χ1) is 6.52. The molecule has 0 amide bonds. The maximum Gasteiger partial charge on any atom is -0.0266 e. The van der Waals surface area contributed by atoms with Gasteiger partial charge in [-0.3, -0.25) is 0 Å². The first-order valence-electron chi connectivity index (χ1n) is 6.52.